The molecule has 5 nitrogen and oxygen atoms in total. The molecule has 1 aliphatic rings. The van der Waals surface area contributed by atoms with Gasteiger partial charge in [0.1, 0.15) is 0 Å². The second kappa shape index (κ2) is 6.09. The highest BCUT2D eigenvalue weighted by atomic mass is 35.5. The zero-order valence-corrected chi connectivity index (χ0v) is 12.0. The summed E-state index contributed by atoms with van der Waals surface area (Å²) in [5.74, 6) is 0.558. The summed E-state index contributed by atoms with van der Waals surface area (Å²) < 4.78 is 27.7. The van der Waals surface area contributed by atoms with Crippen molar-refractivity contribution in [1.29, 1.82) is 0 Å². The Morgan fingerprint density at radius 1 is 1.37 bits per heavy atom. The molecule has 1 aliphatic heterocycles. The Bertz CT molecular complexity index is 542. The summed E-state index contributed by atoms with van der Waals surface area (Å²) in [7, 11) is -3.71. The Hall–Kier alpha value is -0.820. The van der Waals surface area contributed by atoms with Gasteiger partial charge in [0.2, 0.25) is 10.0 Å². The van der Waals surface area contributed by atoms with Crippen molar-refractivity contribution in [3.63, 3.8) is 0 Å². The van der Waals surface area contributed by atoms with E-state index in [2.05, 4.69) is 5.32 Å². The number of nitrogens with two attached hydrogens (primary N) is 1. The Labute approximate surface area is 118 Å². The van der Waals surface area contributed by atoms with E-state index in [0.29, 0.717) is 10.9 Å². The number of hydrogen-bond acceptors (Lipinski definition) is 4. The van der Waals surface area contributed by atoms with Gasteiger partial charge in [-0.05, 0) is 37.0 Å². The van der Waals surface area contributed by atoms with Gasteiger partial charge in [0.25, 0.3) is 0 Å². The van der Waals surface area contributed by atoms with Crippen LogP contribution in [0.25, 0.3) is 0 Å². The molecule has 2 rings (SSSR count). The fourth-order valence-electron chi connectivity index (χ4n) is 2.02. The van der Waals surface area contributed by atoms with Crippen LogP contribution in [0.15, 0.2) is 23.1 Å². The Kier molecular flexibility index (Phi) is 4.67. The van der Waals surface area contributed by atoms with Crippen molar-refractivity contribution in [2.24, 2.45) is 11.1 Å². The quantitative estimate of drug-likeness (QED) is 0.889. The van der Waals surface area contributed by atoms with Crippen molar-refractivity contribution in [3.05, 3.63) is 23.2 Å². The minimum atomic E-state index is -3.71. The first kappa shape index (κ1) is 14.6. The smallest absolute Gasteiger partial charge is 0.238 e. The number of nitrogens with one attached hydrogen (secondary N) is 1. The minimum Gasteiger partial charge on any atom is -0.384 e. The van der Waals surface area contributed by atoms with Gasteiger partial charge < -0.3 is 10.1 Å². The van der Waals surface area contributed by atoms with Gasteiger partial charge in [-0.1, -0.05) is 11.6 Å². The molecule has 0 aromatic heterocycles. The molecule has 106 valence electrons. The Balaban J connectivity index is 2.01. The van der Waals surface area contributed by atoms with Crippen molar-refractivity contribution < 1.29 is 13.2 Å². The Morgan fingerprint density at radius 2 is 2.05 bits per heavy atom. The van der Waals surface area contributed by atoms with Crippen molar-refractivity contribution in [2.75, 3.05) is 25.1 Å². The highest BCUT2D eigenvalue weighted by Gasteiger charge is 2.15. The third kappa shape index (κ3) is 4.07. The molecule has 0 aliphatic carbocycles. The van der Waals surface area contributed by atoms with Gasteiger partial charge in [-0.3, -0.25) is 0 Å². The van der Waals surface area contributed by atoms with Gasteiger partial charge in [0, 0.05) is 19.8 Å². The molecule has 1 aromatic carbocycles. The van der Waals surface area contributed by atoms with Crippen LogP contribution in [0.2, 0.25) is 5.02 Å². The lowest BCUT2D eigenvalue weighted by Gasteiger charge is -2.23. The molecule has 1 heterocycles. The number of rotatable bonds is 4. The van der Waals surface area contributed by atoms with Gasteiger partial charge in [-0.25, -0.2) is 13.6 Å². The fourth-order valence-corrected chi connectivity index (χ4v) is 2.87. The fraction of sp³-hybridized carbons (Fsp3) is 0.500. The normalized spacial score (nSPS) is 17.4. The van der Waals surface area contributed by atoms with Gasteiger partial charge in [0.05, 0.1) is 15.6 Å². The second-order valence-electron chi connectivity index (χ2n) is 4.62. The molecule has 1 aromatic rings. The van der Waals surface area contributed by atoms with E-state index >= 15 is 0 Å². The zero-order valence-electron chi connectivity index (χ0n) is 10.4. The average Bonchev–Trinajstić information content (AvgIpc) is 2.37. The van der Waals surface area contributed by atoms with E-state index in [9.17, 15) is 8.42 Å². The van der Waals surface area contributed by atoms with Crippen molar-refractivity contribution in [2.45, 2.75) is 17.7 Å². The third-order valence-electron chi connectivity index (χ3n) is 3.19. The molecule has 1 fully saturated rings. The monoisotopic (exact) mass is 304 g/mol. The van der Waals surface area contributed by atoms with E-state index in [1.807, 2.05) is 0 Å². The third-order valence-corrected chi connectivity index (χ3v) is 4.41. The maximum absolute atomic E-state index is 11.2. The maximum Gasteiger partial charge on any atom is 0.238 e. The molecule has 1 saturated heterocycles. The standard InChI is InChI=1S/C12H17ClN2O3S/c13-11-7-10(19(14,16)17)1-2-12(11)15-8-9-3-5-18-6-4-9/h1-2,7,9,15H,3-6,8H2,(H2,14,16,17). The molecule has 7 heteroatoms. The summed E-state index contributed by atoms with van der Waals surface area (Å²) in [6.07, 6.45) is 2.06. The van der Waals surface area contributed by atoms with Crippen LogP contribution >= 0.6 is 11.6 Å². The molecule has 0 amide bonds. The lowest BCUT2D eigenvalue weighted by molar-refractivity contribution is 0.0699. The maximum atomic E-state index is 11.2. The van der Waals surface area contributed by atoms with Gasteiger partial charge in [0.15, 0.2) is 0 Å². The predicted octanol–water partition coefficient (Wildman–Crippen LogP) is 1.83. The molecule has 0 spiro atoms. The molecular weight excluding hydrogens is 288 g/mol. The first-order valence-corrected chi connectivity index (χ1v) is 8.03. The lowest BCUT2D eigenvalue weighted by atomic mass is 10.0. The summed E-state index contributed by atoms with van der Waals surface area (Å²) in [6, 6.07) is 4.46. The molecule has 0 radical (unpaired) electrons. The van der Waals surface area contributed by atoms with E-state index in [-0.39, 0.29) is 4.90 Å². The molecular formula is C12H17ClN2O3S. The predicted molar refractivity (Wildman–Crippen MR) is 74.9 cm³/mol. The number of benzene rings is 1. The Morgan fingerprint density at radius 3 is 2.63 bits per heavy atom. The number of sulfonamides is 1. The van der Waals surface area contributed by atoms with Crippen molar-refractivity contribution >= 4 is 27.3 Å². The number of primary sulfonamides is 1. The summed E-state index contributed by atoms with van der Waals surface area (Å²) in [4.78, 5) is 0.0223. The van der Waals surface area contributed by atoms with Crippen LogP contribution in [0.5, 0.6) is 0 Å². The summed E-state index contributed by atoms with van der Waals surface area (Å²) in [5, 5.41) is 8.64. The van der Waals surface area contributed by atoms with Crippen LogP contribution in [-0.4, -0.2) is 28.2 Å². The van der Waals surface area contributed by atoms with E-state index in [0.717, 1.165) is 38.3 Å². The van der Waals surface area contributed by atoms with Crippen LogP contribution in [0.1, 0.15) is 12.8 Å². The largest absolute Gasteiger partial charge is 0.384 e. The van der Waals surface area contributed by atoms with Gasteiger partial charge in [-0.2, -0.15) is 0 Å². The summed E-state index contributed by atoms with van der Waals surface area (Å²) in [5.41, 5.74) is 0.723. The van der Waals surface area contributed by atoms with Crippen LogP contribution in [0.4, 0.5) is 5.69 Å². The molecule has 0 bridgehead atoms. The van der Waals surface area contributed by atoms with Crippen molar-refractivity contribution in [1.82, 2.24) is 0 Å². The molecule has 0 unspecified atom stereocenters. The second-order valence-corrected chi connectivity index (χ2v) is 6.59. The lowest BCUT2D eigenvalue weighted by Crippen LogP contribution is -2.22. The number of anilines is 1. The summed E-state index contributed by atoms with van der Waals surface area (Å²) in [6.45, 7) is 2.40. The highest BCUT2D eigenvalue weighted by Crippen LogP contribution is 2.25. The zero-order chi connectivity index (χ0) is 13.9. The van der Waals surface area contributed by atoms with E-state index < -0.39 is 10.0 Å². The number of ether oxygens (including phenoxy) is 1. The van der Waals surface area contributed by atoms with Crippen LogP contribution in [0, 0.1) is 5.92 Å². The first-order valence-electron chi connectivity index (χ1n) is 6.11. The minimum absolute atomic E-state index is 0.0223. The SMILES string of the molecule is NS(=O)(=O)c1ccc(NCC2CCOCC2)c(Cl)c1. The van der Waals surface area contributed by atoms with Crippen molar-refractivity contribution in [3.8, 4) is 0 Å². The topological polar surface area (TPSA) is 81.4 Å². The van der Waals surface area contributed by atoms with Crippen LogP contribution in [0.3, 0.4) is 0 Å². The summed E-state index contributed by atoms with van der Waals surface area (Å²) >= 11 is 6.05. The van der Waals surface area contributed by atoms with E-state index in [4.69, 9.17) is 21.5 Å². The van der Waals surface area contributed by atoms with E-state index in [1.54, 1.807) is 6.07 Å². The van der Waals surface area contributed by atoms with Gasteiger partial charge >= 0.3 is 0 Å². The molecule has 3 N–H and O–H groups in total. The molecule has 0 saturated carbocycles. The average molecular weight is 305 g/mol. The van der Waals surface area contributed by atoms with Gasteiger partial charge in [-0.15, -0.1) is 0 Å². The first-order chi connectivity index (χ1) is 8.97. The van der Waals surface area contributed by atoms with Crippen LogP contribution in [-0.2, 0) is 14.8 Å². The van der Waals surface area contributed by atoms with Crippen LogP contribution < -0.4 is 10.5 Å². The van der Waals surface area contributed by atoms with E-state index in [1.165, 1.54) is 12.1 Å². The number of halogens is 1. The molecule has 19 heavy (non-hydrogen) atoms. The highest BCUT2D eigenvalue weighted by molar-refractivity contribution is 7.89. The molecule has 0 atom stereocenters. The number of hydrogen-bond donors (Lipinski definition) is 2.